The Balaban J connectivity index is 0.000000396. The van der Waals surface area contributed by atoms with Gasteiger partial charge in [-0.3, -0.25) is 4.90 Å². The SMILES string of the molecule is C=CCOC[C@@H]1CCC[C@@]12CN(Cc1ccc(F)cc1)CCO2.O=C(O)C(F)(F)F. The van der Waals surface area contributed by atoms with Crippen molar-refractivity contribution in [3.63, 3.8) is 0 Å². The minimum atomic E-state index is -5.08. The molecule has 0 aromatic heterocycles. The Bertz CT molecular complexity index is 695. The van der Waals surface area contributed by atoms with Crippen molar-refractivity contribution in [3.8, 4) is 0 Å². The fourth-order valence-electron chi connectivity index (χ4n) is 3.91. The lowest BCUT2D eigenvalue weighted by molar-refractivity contribution is -0.192. The summed E-state index contributed by atoms with van der Waals surface area (Å²) in [5.41, 5.74) is 1.08. The number of hydrogen-bond donors (Lipinski definition) is 1. The zero-order chi connectivity index (χ0) is 22.2. The molecule has 1 N–H and O–H groups in total. The molecule has 5 nitrogen and oxygen atoms in total. The Hall–Kier alpha value is -1.97. The first-order valence-electron chi connectivity index (χ1n) is 9.76. The van der Waals surface area contributed by atoms with Crippen molar-refractivity contribution < 1.29 is 36.9 Å². The van der Waals surface area contributed by atoms with Crippen LogP contribution in [0.2, 0.25) is 0 Å². The van der Waals surface area contributed by atoms with E-state index in [0.29, 0.717) is 12.5 Å². The van der Waals surface area contributed by atoms with E-state index in [1.165, 1.54) is 25.0 Å². The van der Waals surface area contributed by atoms with E-state index in [9.17, 15) is 17.6 Å². The molecule has 1 saturated carbocycles. The zero-order valence-electron chi connectivity index (χ0n) is 16.7. The Morgan fingerprint density at radius 2 is 2.03 bits per heavy atom. The molecule has 168 valence electrons. The molecule has 1 saturated heterocycles. The van der Waals surface area contributed by atoms with Crippen molar-refractivity contribution in [1.29, 1.82) is 0 Å². The second-order valence-corrected chi connectivity index (χ2v) is 7.47. The number of morpholine rings is 1. The standard InChI is InChI=1S/C19H26FNO2.C2HF3O2/c1-2-11-22-14-17-4-3-9-19(17)15-21(10-12-23-19)13-16-5-7-18(20)8-6-16;3-2(4,5)1(6)7/h2,5-8,17H,1,3-4,9-15H2;(H,6,7)/t17-,19+;/m0./s1. The van der Waals surface area contributed by atoms with E-state index in [0.717, 1.165) is 44.8 Å². The van der Waals surface area contributed by atoms with Gasteiger partial charge in [-0.15, -0.1) is 6.58 Å². The lowest BCUT2D eigenvalue weighted by atomic mass is 9.89. The normalized spacial score (nSPS) is 24.3. The van der Waals surface area contributed by atoms with Crippen LogP contribution in [0.4, 0.5) is 17.6 Å². The highest BCUT2D eigenvalue weighted by Crippen LogP contribution is 2.41. The molecule has 0 bridgehead atoms. The molecule has 2 atom stereocenters. The molecule has 1 aromatic rings. The van der Waals surface area contributed by atoms with Crippen LogP contribution in [0.3, 0.4) is 0 Å². The van der Waals surface area contributed by atoms with Gasteiger partial charge in [-0.1, -0.05) is 24.6 Å². The van der Waals surface area contributed by atoms with Crippen LogP contribution in [0.5, 0.6) is 0 Å². The van der Waals surface area contributed by atoms with E-state index in [-0.39, 0.29) is 11.4 Å². The van der Waals surface area contributed by atoms with Gasteiger partial charge in [0, 0.05) is 25.6 Å². The first-order valence-corrected chi connectivity index (χ1v) is 9.76. The number of nitrogens with zero attached hydrogens (tertiary/aromatic N) is 1. The topological polar surface area (TPSA) is 59.0 Å². The van der Waals surface area contributed by atoms with Gasteiger partial charge in [0.05, 0.1) is 25.4 Å². The van der Waals surface area contributed by atoms with Gasteiger partial charge in [0.2, 0.25) is 0 Å². The average molecular weight is 433 g/mol. The lowest BCUT2D eigenvalue weighted by Gasteiger charge is -2.44. The van der Waals surface area contributed by atoms with Gasteiger partial charge in [-0.05, 0) is 30.5 Å². The van der Waals surface area contributed by atoms with Crippen molar-refractivity contribution in [2.24, 2.45) is 5.92 Å². The molecule has 0 unspecified atom stereocenters. The molecule has 1 heterocycles. The van der Waals surface area contributed by atoms with Crippen molar-refractivity contribution in [2.45, 2.75) is 37.6 Å². The van der Waals surface area contributed by atoms with Crippen LogP contribution >= 0.6 is 0 Å². The molecular weight excluding hydrogens is 406 g/mol. The van der Waals surface area contributed by atoms with E-state index in [1.807, 2.05) is 12.1 Å². The van der Waals surface area contributed by atoms with Crippen LogP contribution in [-0.4, -0.2) is 60.7 Å². The summed E-state index contributed by atoms with van der Waals surface area (Å²) in [6.45, 7) is 8.53. The number of carboxylic acid groups (broad SMARTS) is 1. The van der Waals surface area contributed by atoms with Gasteiger partial charge in [0.15, 0.2) is 0 Å². The summed E-state index contributed by atoms with van der Waals surface area (Å²) >= 11 is 0. The number of alkyl halides is 3. The van der Waals surface area contributed by atoms with E-state index in [4.69, 9.17) is 19.4 Å². The van der Waals surface area contributed by atoms with Gasteiger partial charge in [0.1, 0.15) is 5.82 Å². The highest BCUT2D eigenvalue weighted by Gasteiger charge is 2.46. The van der Waals surface area contributed by atoms with Crippen molar-refractivity contribution >= 4 is 5.97 Å². The number of rotatable bonds is 6. The predicted octanol–water partition coefficient (Wildman–Crippen LogP) is 4.03. The maximum atomic E-state index is 13.1. The first kappa shape index (κ1) is 24.3. The highest BCUT2D eigenvalue weighted by molar-refractivity contribution is 5.73. The molecule has 2 aliphatic rings. The monoisotopic (exact) mass is 433 g/mol. The number of carbonyl (C=O) groups is 1. The third-order valence-electron chi connectivity index (χ3n) is 5.30. The Labute approximate surface area is 173 Å². The Kier molecular flexibility index (Phi) is 8.81. The fraction of sp³-hybridized carbons (Fsp3) is 0.571. The zero-order valence-corrected chi connectivity index (χ0v) is 16.7. The van der Waals surface area contributed by atoms with Gasteiger partial charge in [-0.2, -0.15) is 13.2 Å². The molecule has 1 aromatic carbocycles. The summed E-state index contributed by atoms with van der Waals surface area (Å²) in [7, 11) is 0. The molecule has 9 heteroatoms. The van der Waals surface area contributed by atoms with Gasteiger partial charge >= 0.3 is 12.1 Å². The summed E-state index contributed by atoms with van der Waals surface area (Å²) in [5.74, 6) is -2.48. The molecular formula is C21H27F4NO4. The van der Waals surface area contributed by atoms with Gasteiger partial charge in [0.25, 0.3) is 0 Å². The Morgan fingerprint density at radius 1 is 1.37 bits per heavy atom. The molecule has 2 fully saturated rings. The summed E-state index contributed by atoms with van der Waals surface area (Å²) in [5, 5.41) is 7.12. The van der Waals surface area contributed by atoms with E-state index in [2.05, 4.69) is 11.5 Å². The van der Waals surface area contributed by atoms with Crippen molar-refractivity contribution in [2.75, 3.05) is 32.9 Å². The second-order valence-electron chi connectivity index (χ2n) is 7.47. The minimum absolute atomic E-state index is 0.0700. The largest absolute Gasteiger partial charge is 0.490 e. The molecule has 30 heavy (non-hydrogen) atoms. The maximum absolute atomic E-state index is 13.1. The van der Waals surface area contributed by atoms with Crippen molar-refractivity contribution in [3.05, 3.63) is 48.3 Å². The summed E-state index contributed by atoms with van der Waals surface area (Å²) in [6, 6.07) is 6.81. The second kappa shape index (κ2) is 10.9. The molecule has 1 spiro atoms. The Morgan fingerprint density at radius 3 is 2.63 bits per heavy atom. The number of benzene rings is 1. The summed E-state index contributed by atoms with van der Waals surface area (Å²) in [6.07, 6.45) is 0.188. The third-order valence-corrected chi connectivity index (χ3v) is 5.30. The van der Waals surface area contributed by atoms with E-state index >= 15 is 0 Å². The smallest absolute Gasteiger partial charge is 0.475 e. The summed E-state index contributed by atoms with van der Waals surface area (Å²) in [4.78, 5) is 11.3. The van der Waals surface area contributed by atoms with Crippen LogP contribution in [0.25, 0.3) is 0 Å². The number of carboxylic acids is 1. The van der Waals surface area contributed by atoms with Crippen LogP contribution in [-0.2, 0) is 20.8 Å². The van der Waals surface area contributed by atoms with Crippen LogP contribution < -0.4 is 0 Å². The molecule has 0 radical (unpaired) electrons. The average Bonchev–Trinajstić information content (AvgIpc) is 3.05. The van der Waals surface area contributed by atoms with Crippen LogP contribution in [0.1, 0.15) is 24.8 Å². The number of aliphatic carboxylic acids is 1. The van der Waals surface area contributed by atoms with Gasteiger partial charge in [-0.25, -0.2) is 9.18 Å². The molecule has 1 aliphatic heterocycles. The summed E-state index contributed by atoms with van der Waals surface area (Å²) < 4.78 is 56.7. The number of hydrogen-bond acceptors (Lipinski definition) is 4. The van der Waals surface area contributed by atoms with Crippen LogP contribution in [0, 0.1) is 11.7 Å². The van der Waals surface area contributed by atoms with Crippen LogP contribution in [0.15, 0.2) is 36.9 Å². The number of ether oxygens (including phenoxy) is 2. The first-order chi connectivity index (χ1) is 14.2. The highest BCUT2D eigenvalue weighted by atomic mass is 19.4. The fourth-order valence-corrected chi connectivity index (χ4v) is 3.91. The minimum Gasteiger partial charge on any atom is -0.475 e. The maximum Gasteiger partial charge on any atom is 0.490 e. The third kappa shape index (κ3) is 7.07. The van der Waals surface area contributed by atoms with E-state index in [1.54, 1.807) is 6.08 Å². The molecule has 1 aliphatic carbocycles. The quantitative estimate of drug-likeness (QED) is 0.417. The van der Waals surface area contributed by atoms with Gasteiger partial charge < -0.3 is 14.6 Å². The lowest BCUT2D eigenvalue weighted by Crippen LogP contribution is -2.54. The molecule has 3 rings (SSSR count). The molecule has 0 amide bonds. The van der Waals surface area contributed by atoms with E-state index < -0.39 is 12.1 Å². The predicted molar refractivity (Wildman–Crippen MR) is 102 cm³/mol. The van der Waals surface area contributed by atoms with Crippen molar-refractivity contribution in [1.82, 2.24) is 4.90 Å². The number of halogens is 4.